The van der Waals surface area contributed by atoms with Crippen molar-refractivity contribution in [2.45, 2.75) is 27.2 Å². The third kappa shape index (κ3) is 3.62. The fourth-order valence-corrected chi connectivity index (χ4v) is 3.30. The van der Waals surface area contributed by atoms with Crippen LogP contribution in [0.2, 0.25) is 5.02 Å². The van der Waals surface area contributed by atoms with E-state index in [0.717, 1.165) is 22.2 Å². The molecule has 0 atom stereocenters. The standard InChI is InChI=1S/C22H22ClNO3/c1-13(2)21(25)12-18-14(3)24(20-10-9-17(27-4)11-19(18)20)22(26)15-5-7-16(23)8-6-15/h5-11,13H,12H2,1-4H3. The molecule has 0 aliphatic rings. The molecule has 5 heteroatoms. The Morgan fingerprint density at radius 1 is 1.11 bits per heavy atom. The van der Waals surface area contributed by atoms with Crippen LogP contribution in [0.1, 0.15) is 35.5 Å². The Kier molecular flexibility index (Phi) is 5.38. The highest BCUT2D eigenvalue weighted by atomic mass is 35.5. The highest BCUT2D eigenvalue weighted by Gasteiger charge is 2.22. The molecule has 2 aromatic carbocycles. The van der Waals surface area contributed by atoms with Gasteiger partial charge in [0.25, 0.3) is 5.91 Å². The lowest BCUT2D eigenvalue weighted by Crippen LogP contribution is -2.15. The minimum atomic E-state index is -0.150. The summed E-state index contributed by atoms with van der Waals surface area (Å²) in [6.07, 6.45) is 0.286. The monoisotopic (exact) mass is 383 g/mol. The van der Waals surface area contributed by atoms with E-state index in [4.69, 9.17) is 16.3 Å². The number of halogens is 1. The van der Waals surface area contributed by atoms with Crippen LogP contribution in [-0.4, -0.2) is 23.4 Å². The number of carbonyl (C=O) groups excluding carboxylic acids is 2. The molecule has 0 spiro atoms. The van der Waals surface area contributed by atoms with Crippen LogP contribution in [0.5, 0.6) is 5.75 Å². The fourth-order valence-electron chi connectivity index (χ4n) is 3.17. The van der Waals surface area contributed by atoms with E-state index >= 15 is 0 Å². The number of ether oxygens (including phenoxy) is 1. The van der Waals surface area contributed by atoms with Crippen molar-refractivity contribution in [2.75, 3.05) is 7.11 Å². The van der Waals surface area contributed by atoms with Crippen molar-refractivity contribution >= 4 is 34.2 Å². The van der Waals surface area contributed by atoms with Crippen LogP contribution in [0.15, 0.2) is 42.5 Å². The topological polar surface area (TPSA) is 48.3 Å². The molecule has 0 amide bonds. The molecule has 0 bridgehead atoms. The number of ketones is 1. The van der Waals surface area contributed by atoms with Gasteiger partial charge in [0.1, 0.15) is 11.5 Å². The van der Waals surface area contributed by atoms with Crippen molar-refractivity contribution in [1.82, 2.24) is 4.57 Å². The van der Waals surface area contributed by atoms with Crippen molar-refractivity contribution in [2.24, 2.45) is 5.92 Å². The highest BCUT2D eigenvalue weighted by Crippen LogP contribution is 2.31. The van der Waals surface area contributed by atoms with Gasteiger partial charge in [0, 0.05) is 34.0 Å². The summed E-state index contributed by atoms with van der Waals surface area (Å²) in [6.45, 7) is 5.65. The highest BCUT2D eigenvalue weighted by molar-refractivity contribution is 6.30. The van der Waals surface area contributed by atoms with E-state index in [9.17, 15) is 9.59 Å². The molecule has 0 saturated carbocycles. The van der Waals surface area contributed by atoms with Gasteiger partial charge in [-0.05, 0) is 55.0 Å². The van der Waals surface area contributed by atoms with Gasteiger partial charge in [0.2, 0.25) is 0 Å². The van der Waals surface area contributed by atoms with Crippen LogP contribution in [0.4, 0.5) is 0 Å². The lowest BCUT2D eigenvalue weighted by Gasteiger charge is -2.08. The minimum absolute atomic E-state index is 0.0691. The SMILES string of the molecule is COc1ccc2c(c1)c(CC(=O)C(C)C)c(C)n2C(=O)c1ccc(Cl)cc1. The number of methoxy groups -OCH3 is 1. The van der Waals surface area contributed by atoms with E-state index in [1.807, 2.05) is 39.0 Å². The first kappa shape index (κ1) is 19.2. The molecule has 0 aliphatic carbocycles. The van der Waals surface area contributed by atoms with Crippen LogP contribution in [-0.2, 0) is 11.2 Å². The maximum absolute atomic E-state index is 13.2. The number of Topliss-reactive ketones (excluding diaryl/α,β-unsaturated/α-hetero) is 1. The van der Waals surface area contributed by atoms with Gasteiger partial charge in [-0.2, -0.15) is 0 Å². The van der Waals surface area contributed by atoms with Crippen LogP contribution >= 0.6 is 11.6 Å². The Morgan fingerprint density at radius 2 is 1.78 bits per heavy atom. The molecule has 4 nitrogen and oxygen atoms in total. The van der Waals surface area contributed by atoms with E-state index in [-0.39, 0.29) is 24.0 Å². The summed E-state index contributed by atoms with van der Waals surface area (Å²) in [5.41, 5.74) is 2.94. The Morgan fingerprint density at radius 3 is 2.37 bits per heavy atom. The zero-order chi connectivity index (χ0) is 19.7. The molecular formula is C22H22ClNO3. The van der Waals surface area contributed by atoms with Crippen molar-refractivity contribution in [3.63, 3.8) is 0 Å². The van der Waals surface area contributed by atoms with Crippen molar-refractivity contribution in [3.05, 3.63) is 64.3 Å². The van der Waals surface area contributed by atoms with Gasteiger partial charge in [-0.3, -0.25) is 14.2 Å². The molecule has 0 unspecified atom stereocenters. The van der Waals surface area contributed by atoms with Gasteiger partial charge >= 0.3 is 0 Å². The molecule has 0 aliphatic heterocycles. The quantitative estimate of drug-likeness (QED) is 0.618. The second-order valence-corrected chi connectivity index (χ2v) is 7.33. The maximum atomic E-state index is 13.2. The third-order valence-corrected chi connectivity index (χ3v) is 5.08. The first-order chi connectivity index (χ1) is 12.8. The molecular weight excluding hydrogens is 362 g/mol. The van der Waals surface area contributed by atoms with Crippen LogP contribution < -0.4 is 4.74 Å². The summed E-state index contributed by atoms with van der Waals surface area (Å²) in [4.78, 5) is 25.6. The molecule has 3 rings (SSSR count). The summed E-state index contributed by atoms with van der Waals surface area (Å²) in [6, 6.07) is 12.4. The van der Waals surface area contributed by atoms with Gasteiger partial charge in [0.15, 0.2) is 0 Å². The Balaban J connectivity index is 2.20. The number of hydrogen-bond acceptors (Lipinski definition) is 3. The average Bonchev–Trinajstić information content (AvgIpc) is 2.92. The number of nitrogens with zero attached hydrogens (tertiary/aromatic N) is 1. The zero-order valence-corrected chi connectivity index (χ0v) is 16.6. The van der Waals surface area contributed by atoms with E-state index < -0.39 is 0 Å². The molecule has 140 valence electrons. The van der Waals surface area contributed by atoms with E-state index in [1.165, 1.54) is 0 Å². The molecule has 0 saturated heterocycles. The molecule has 0 N–H and O–H groups in total. The van der Waals surface area contributed by atoms with Crippen LogP contribution in [0, 0.1) is 12.8 Å². The maximum Gasteiger partial charge on any atom is 0.262 e. The van der Waals surface area contributed by atoms with Gasteiger partial charge < -0.3 is 4.74 Å². The molecule has 0 fully saturated rings. The first-order valence-electron chi connectivity index (χ1n) is 8.84. The van der Waals surface area contributed by atoms with Crippen molar-refractivity contribution in [3.8, 4) is 5.75 Å². The van der Waals surface area contributed by atoms with Crippen molar-refractivity contribution < 1.29 is 14.3 Å². The van der Waals surface area contributed by atoms with Crippen LogP contribution in [0.25, 0.3) is 10.9 Å². The molecule has 1 aromatic heterocycles. The predicted octanol–water partition coefficient (Wildman–Crippen LogP) is 5.07. The summed E-state index contributed by atoms with van der Waals surface area (Å²) < 4.78 is 7.01. The van der Waals surface area contributed by atoms with Crippen LogP contribution in [0.3, 0.4) is 0 Å². The largest absolute Gasteiger partial charge is 0.497 e. The summed E-state index contributed by atoms with van der Waals surface area (Å²) in [5, 5.41) is 1.44. The lowest BCUT2D eigenvalue weighted by molar-refractivity contribution is -0.121. The van der Waals surface area contributed by atoms with E-state index in [1.54, 1.807) is 35.9 Å². The number of carbonyl (C=O) groups is 2. The number of hydrogen-bond donors (Lipinski definition) is 0. The summed E-state index contributed by atoms with van der Waals surface area (Å²) >= 11 is 5.94. The number of benzene rings is 2. The molecule has 1 heterocycles. The molecule has 0 radical (unpaired) electrons. The van der Waals surface area contributed by atoms with E-state index in [2.05, 4.69) is 0 Å². The van der Waals surface area contributed by atoms with Crippen molar-refractivity contribution in [1.29, 1.82) is 0 Å². The number of aromatic nitrogens is 1. The lowest BCUT2D eigenvalue weighted by atomic mass is 9.99. The van der Waals surface area contributed by atoms with Gasteiger partial charge in [-0.1, -0.05) is 25.4 Å². The van der Waals surface area contributed by atoms with E-state index in [0.29, 0.717) is 16.3 Å². The second-order valence-electron chi connectivity index (χ2n) is 6.89. The number of rotatable bonds is 5. The second kappa shape index (κ2) is 7.57. The third-order valence-electron chi connectivity index (χ3n) is 4.83. The predicted molar refractivity (Wildman–Crippen MR) is 108 cm³/mol. The van der Waals surface area contributed by atoms with Gasteiger partial charge in [-0.25, -0.2) is 0 Å². The number of fused-ring (bicyclic) bond motifs is 1. The normalized spacial score (nSPS) is 11.2. The van der Waals surface area contributed by atoms with Gasteiger partial charge in [-0.15, -0.1) is 0 Å². The summed E-state index contributed by atoms with van der Waals surface area (Å²) in [5.74, 6) is 0.610. The Labute approximate surface area is 163 Å². The summed E-state index contributed by atoms with van der Waals surface area (Å²) in [7, 11) is 1.60. The van der Waals surface area contributed by atoms with Gasteiger partial charge in [0.05, 0.1) is 12.6 Å². The fraction of sp³-hybridized carbons (Fsp3) is 0.273. The Bertz CT molecular complexity index is 1020. The molecule has 27 heavy (non-hydrogen) atoms. The zero-order valence-electron chi connectivity index (χ0n) is 15.9. The first-order valence-corrected chi connectivity index (χ1v) is 9.22. The minimum Gasteiger partial charge on any atom is -0.497 e. The smallest absolute Gasteiger partial charge is 0.262 e. The Hall–Kier alpha value is -2.59. The molecule has 3 aromatic rings. The average molecular weight is 384 g/mol.